The van der Waals surface area contributed by atoms with Crippen LogP contribution < -0.4 is 4.80 Å². The third-order valence-corrected chi connectivity index (χ3v) is 3.75. The first-order valence-electron chi connectivity index (χ1n) is 6.50. The van der Waals surface area contributed by atoms with Gasteiger partial charge in [0.05, 0.1) is 5.69 Å². The molecule has 1 aromatic heterocycles. The second-order valence-electron chi connectivity index (χ2n) is 4.44. The van der Waals surface area contributed by atoms with Gasteiger partial charge in [-0.05, 0) is 23.7 Å². The van der Waals surface area contributed by atoms with Crippen LogP contribution >= 0.6 is 11.5 Å². The van der Waals surface area contributed by atoms with E-state index in [0.717, 1.165) is 17.1 Å². The van der Waals surface area contributed by atoms with Gasteiger partial charge >= 0.3 is 0 Å². The summed E-state index contributed by atoms with van der Waals surface area (Å²) in [5.74, 6) is 0.537. The van der Waals surface area contributed by atoms with E-state index >= 15 is 0 Å². The zero-order valence-electron chi connectivity index (χ0n) is 11.4. The maximum absolute atomic E-state index is 11.2. The Morgan fingerprint density at radius 3 is 2.29 bits per heavy atom. The Morgan fingerprint density at radius 2 is 1.67 bits per heavy atom. The fourth-order valence-electron chi connectivity index (χ4n) is 1.97. The van der Waals surface area contributed by atoms with Gasteiger partial charge in [0, 0.05) is 12.5 Å². The highest BCUT2D eigenvalue weighted by Gasteiger charge is 2.10. The quantitative estimate of drug-likeness (QED) is 0.729. The van der Waals surface area contributed by atoms with Crippen LogP contribution in [-0.4, -0.2) is 14.8 Å². The summed E-state index contributed by atoms with van der Waals surface area (Å²) in [5.41, 5.74) is 1.99. The van der Waals surface area contributed by atoms with E-state index < -0.39 is 0 Å². The molecule has 0 fully saturated rings. The van der Waals surface area contributed by atoms with Gasteiger partial charge in [-0.15, -0.1) is 0 Å². The van der Waals surface area contributed by atoms with Gasteiger partial charge in [-0.1, -0.05) is 48.5 Å². The van der Waals surface area contributed by atoms with Gasteiger partial charge in [-0.25, -0.2) is 3.96 Å². The third-order valence-electron chi connectivity index (χ3n) is 2.84. The minimum atomic E-state index is -0.247. The summed E-state index contributed by atoms with van der Waals surface area (Å²) in [6.45, 7) is 1.43. The smallest absolute Gasteiger partial charge is 0.245 e. The monoisotopic (exact) mass is 295 g/mol. The summed E-state index contributed by atoms with van der Waals surface area (Å²) in [5, 5.41) is 0. The lowest BCUT2D eigenvalue weighted by Crippen LogP contribution is -2.01. The molecule has 104 valence electrons. The van der Waals surface area contributed by atoms with Crippen LogP contribution in [0.3, 0.4) is 0 Å². The molecule has 21 heavy (non-hydrogen) atoms. The minimum absolute atomic E-state index is 0.247. The predicted octanol–water partition coefficient (Wildman–Crippen LogP) is 3.05. The lowest BCUT2D eigenvalue weighted by Gasteiger charge is -2.05. The zero-order chi connectivity index (χ0) is 14.7. The zero-order valence-corrected chi connectivity index (χ0v) is 12.2. The van der Waals surface area contributed by atoms with Crippen LogP contribution in [0.5, 0.6) is 0 Å². The number of rotatable bonds is 2. The number of amides is 1. The van der Waals surface area contributed by atoms with Gasteiger partial charge in [-0.2, -0.15) is 9.98 Å². The van der Waals surface area contributed by atoms with Crippen LogP contribution in [0, 0.1) is 0 Å². The number of benzene rings is 2. The summed E-state index contributed by atoms with van der Waals surface area (Å²) < 4.78 is 1.98. The molecule has 1 heterocycles. The van der Waals surface area contributed by atoms with Crippen LogP contribution in [0.1, 0.15) is 6.92 Å². The van der Waals surface area contributed by atoms with Gasteiger partial charge in [0.1, 0.15) is 0 Å². The van der Waals surface area contributed by atoms with Crippen LogP contribution in [0.2, 0.25) is 0 Å². The number of para-hydroxylation sites is 1. The molecule has 4 nitrogen and oxygen atoms in total. The molecule has 0 aliphatic carbocycles. The molecule has 3 aromatic rings. The van der Waals surface area contributed by atoms with Crippen molar-refractivity contribution in [1.29, 1.82) is 0 Å². The van der Waals surface area contributed by atoms with Gasteiger partial charge in [0.15, 0.2) is 5.82 Å². The normalized spacial score (nSPS) is 11.6. The molecule has 0 spiro atoms. The standard InChI is InChI=1S/C16H13N3OS/c1-12(20)17-16-18-15(13-8-4-2-5-9-13)19(21-16)14-10-6-3-7-11-14/h2-11H,1H3. The number of carbonyl (C=O) groups excluding carboxylic acids is 1. The summed E-state index contributed by atoms with van der Waals surface area (Å²) in [4.78, 5) is 20.1. The van der Waals surface area contributed by atoms with Crippen LogP contribution in [0.15, 0.2) is 65.7 Å². The Morgan fingerprint density at radius 1 is 1.05 bits per heavy atom. The van der Waals surface area contributed by atoms with E-state index in [-0.39, 0.29) is 5.91 Å². The molecule has 0 saturated heterocycles. The second kappa shape index (κ2) is 5.85. The van der Waals surface area contributed by atoms with Crippen molar-refractivity contribution in [2.75, 3.05) is 0 Å². The van der Waals surface area contributed by atoms with Crippen molar-refractivity contribution in [3.05, 3.63) is 65.5 Å². The molecule has 2 aromatic carbocycles. The molecule has 1 amide bonds. The summed E-state index contributed by atoms with van der Waals surface area (Å²) in [7, 11) is 0. The largest absolute Gasteiger partial charge is 0.273 e. The average Bonchev–Trinajstić information content (AvgIpc) is 2.92. The number of hydrogen-bond acceptors (Lipinski definition) is 3. The van der Waals surface area contributed by atoms with Gasteiger partial charge in [-0.3, -0.25) is 4.79 Å². The van der Waals surface area contributed by atoms with Crippen LogP contribution in [-0.2, 0) is 4.79 Å². The predicted molar refractivity (Wildman–Crippen MR) is 83.1 cm³/mol. The van der Waals surface area contributed by atoms with Gasteiger partial charge < -0.3 is 0 Å². The molecular weight excluding hydrogens is 282 g/mol. The average molecular weight is 295 g/mol. The molecular formula is C16H13N3OS. The van der Waals surface area contributed by atoms with E-state index in [1.165, 1.54) is 18.5 Å². The van der Waals surface area contributed by atoms with Crippen LogP contribution in [0.25, 0.3) is 17.1 Å². The molecule has 0 saturated carbocycles. The van der Waals surface area contributed by atoms with Gasteiger partial charge in [0.2, 0.25) is 10.7 Å². The summed E-state index contributed by atoms with van der Waals surface area (Å²) in [6.07, 6.45) is 0. The molecule has 3 rings (SSSR count). The summed E-state index contributed by atoms with van der Waals surface area (Å²) >= 11 is 1.35. The Labute approximate surface area is 126 Å². The van der Waals surface area contributed by atoms with Crippen molar-refractivity contribution in [2.24, 2.45) is 4.99 Å². The van der Waals surface area contributed by atoms with E-state index in [4.69, 9.17) is 0 Å². The SMILES string of the molecule is CC(=O)N=c1nc(-c2ccccc2)n(-c2ccccc2)s1. The van der Waals surface area contributed by atoms with Crippen molar-refractivity contribution in [2.45, 2.75) is 6.92 Å². The first kappa shape index (κ1) is 13.5. The lowest BCUT2D eigenvalue weighted by atomic mass is 10.2. The first-order chi connectivity index (χ1) is 10.2. The molecule has 0 aliphatic heterocycles. The third kappa shape index (κ3) is 2.98. The highest BCUT2D eigenvalue weighted by molar-refractivity contribution is 7.04. The van der Waals surface area contributed by atoms with E-state index in [1.807, 2.05) is 64.6 Å². The van der Waals surface area contributed by atoms with Gasteiger partial charge in [0.25, 0.3) is 0 Å². The molecule has 0 unspecified atom stereocenters. The highest BCUT2D eigenvalue weighted by Crippen LogP contribution is 2.21. The number of nitrogens with zero attached hydrogens (tertiary/aromatic N) is 3. The second-order valence-corrected chi connectivity index (χ2v) is 5.35. The Bertz CT molecular complexity index is 759. The van der Waals surface area contributed by atoms with Crippen molar-refractivity contribution in [3.63, 3.8) is 0 Å². The van der Waals surface area contributed by atoms with Crippen molar-refractivity contribution in [3.8, 4) is 17.1 Å². The van der Waals surface area contributed by atoms with Crippen molar-refractivity contribution >= 4 is 17.4 Å². The molecule has 0 aliphatic rings. The fourth-order valence-corrected chi connectivity index (χ4v) is 2.89. The Kier molecular flexibility index (Phi) is 3.75. The van der Waals surface area contributed by atoms with E-state index in [1.54, 1.807) is 0 Å². The fraction of sp³-hybridized carbons (Fsp3) is 0.0625. The number of hydrogen-bond donors (Lipinski definition) is 0. The molecule has 0 bridgehead atoms. The maximum atomic E-state index is 11.2. The highest BCUT2D eigenvalue weighted by atomic mass is 32.1. The summed E-state index contributed by atoms with van der Waals surface area (Å²) in [6, 6.07) is 19.8. The van der Waals surface area contributed by atoms with Crippen molar-refractivity contribution in [1.82, 2.24) is 8.94 Å². The minimum Gasteiger partial charge on any atom is -0.273 e. The first-order valence-corrected chi connectivity index (χ1v) is 7.28. The van der Waals surface area contributed by atoms with E-state index in [0.29, 0.717) is 4.80 Å². The maximum Gasteiger partial charge on any atom is 0.245 e. The lowest BCUT2D eigenvalue weighted by molar-refractivity contribution is -0.116. The number of carbonyl (C=O) groups is 1. The topological polar surface area (TPSA) is 47.2 Å². The van der Waals surface area contributed by atoms with E-state index in [2.05, 4.69) is 9.98 Å². The van der Waals surface area contributed by atoms with Crippen molar-refractivity contribution < 1.29 is 4.79 Å². The molecule has 5 heteroatoms. The molecule has 0 N–H and O–H groups in total. The number of aromatic nitrogens is 2. The molecule has 0 atom stereocenters. The van der Waals surface area contributed by atoms with Crippen LogP contribution in [0.4, 0.5) is 0 Å². The van der Waals surface area contributed by atoms with E-state index in [9.17, 15) is 4.79 Å². The Hall–Kier alpha value is -2.53. The Balaban J connectivity index is 2.23. The molecule has 0 radical (unpaired) electrons.